The van der Waals surface area contributed by atoms with Crippen LogP contribution in [-0.4, -0.2) is 28.2 Å². The van der Waals surface area contributed by atoms with Crippen molar-refractivity contribution in [2.45, 2.75) is 18.7 Å². The van der Waals surface area contributed by atoms with Crippen molar-refractivity contribution in [3.8, 4) is 11.5 Å². The SMILES string of the molecule is C=CCN(c1cccc(C)c1C)S(=O)(=O)c1ccc2c(c1)OCCO2. The fraction of sp³-hybridized carbons (Fsp3) is 0.263. The molecule has 6 heteroatoms. The van der Waals surface area contributed by atoms with E-state index < -0.39 is 10.0 Å². The van der Waals surface area contributed by atoms with Gasteiger partial charge < -0.3 is 9.47 Å². The first-order chi connectivity index (χ1) is 11.9. The topological polar surface area (TPSA) is 55.8 Å². The van der Waals surface area contributed by atoms with Crippen molar-refractivity contribution in [2.24, 2.45) is 0 Å². The molecule has 1 aliphatic heterocycles. The zero-order valence-corrected chi connectivity index (χ0v) is 15.2. The maximum atomic E-state index is 13.3. The lowest BCUT2D eigenvalue weighted by molar-refractivity contribution is 0.171. The fourth-order valence-electron chi connectivity index (χ4n) is 2.76. The van der Waals surface area contributed by atoms with Crippen LogP contribution in [0.2, 0.25) is 0 Å². The zero-order chi connectivity index (χ0) is 18.0. The van der Waals surface area contributed by atoms with Crippen molar-refractivity contribution in [2.75, 3.05) is 24.1 Å². The third-order valence-corrected chi connectivity index (χ3v) is 6.02. The van der Waals surface area contributed by atoms with Gasteiger partial charge in [-0.2, -0.15) is 0 Å². The van der Waals surface area contributed by atoms with Crippen molar-refractivity contribution in [3.05, 3.63) is 60.2 Å². The van der Waals surface area contributed by atoms with Gasteiger partial charge in [0.15, 0.2) is 11.5 Å². The summed E-state index contributed by atoms with van der Waals surface area (Å²) >= 11 is 0. The van der Waals surface area contributed by atoms with Gasteiger partial charge in [-0.05, 0) is 43.2 Å². The number of hydrogen-bond acceptors (Lipinski definition) is 4. The quantitative estimate of drug-likeness (QED) is 0.767. The van der Waals surface area contributed by atoms with E-state index in [0.29, 0.717) is 30.4 Å². The number of fused-ring (bicyclic) bond motifs is 1. The summed E-state index contributed by atoms with van der Waals surface area (Å²) in [6, 6.07) is 10.3. The van der Waals surface area contributed by atoms with E-state index in [1.165, 1.54) is 10.4 Å². The second kappa shape index (κ2) is 6.80. The molecule has 0 N–H and O–H groups in total. The van der Waals surface area contributed by atoms with Crippen molar-refractivity contribution < 1.29 is 17.9 Å². The van der Waals surface area contributed by atoms with Crippen LogP contribution in [0.4, 0.5) is 5.69 Å². The Labute approximate surface area is 148 Å². The monoisotopic (exact) mass is 359 g/mol. The highest BCUT2D eigenvalue weighted by atomic mass is 32.2. The van der Waals surface area contributed by atoms with Gasteiger partial charge in [-0.15, -0.1) is 6.58 Å². The van der Waals surface area contributed by atoms with Crippen molar-refractivity contribution in [1.82, 2.24) is 0 Å². The van der Waals surface area contributed by atoms with E-state index in [1.807, 2.05) is 26.0 Å². The maximum Gasteiger partial charge on any atom is 0.264 e. The summed E-state index contributed by atoms with van der Waals surface area (Å²) in [5.74, 6) is 1.01. The van der Waals surface area contributed by atoms with E-state index in [-0.39, 0.29) is 11.4 Å². The van der Waals surface area contributed by atoms with Crippen LogP contribution in [0.15, 0.2) is 53.9 Å². The molecule has 0 aliphatic carbocycles. The summed E-state index contributed by atoms with van der Waals surface area (Å²) in [6.07, 6.45) is 1.58. The molecule has 0 spiro atoms. The van der Waals surface area contributed by atoms with Gasteiger partial charge in [-0.1, -0.05) is 18.2 Å². The van der Waals surface area contributed by atoms with E-state index in [0.717, 1.165) is 11.1 Å². The lowest BCUT2D eigenvalue weighted by Crippen LogP contribution is -2.32. The molecule has 0 amide bonds. The number of sulfonamides is 1. The van der Waals surface area contributed by atoms with Crippen molar-refractivity contribution in [3.63, 3.8) is 0 Å². The Morgan fingerprint density at radius 2 is 1.84 bits per heavy atom. The number of ether oxygens (including phenoxy) is 2. The second-order valence-corrected chi connectivity index (χ2v) is 7.71. The number of benzene rings is 2. The molecule has 1 heterocycles. The van der Waals surface area contributed by atoms with Crippen molar-refractivity contribution >= 4 is 15.7 Å². The van der Waals surface area contributed by atoms with Gasteiger partial charge in [0.1, 0.15) is 13.2 Å². The standard InChI is InChI=1S/C19H21NO4S/c1-4-10-20(17-7-5-6-14(2)15(17)3)25(21,22)16-8-9-18-19(13-16)24-12-11-23-18/h4-9,13H,1,10-12H2,2-3H3. The molecule has 5 nitrogen and oxygen atoms in total. The van der Waals surface area contributed by atoms with Crippen LogP contribution in [0.3, 0.4) is 0 Å². The highest BCUT2D eigenvalue weighted by molar-refractivity contribution is 7.92. The number of rotatable bonds is 5. The van der Waals surface area contributed by atoms with E-state index >= 15 is 0 Å². The first-order valence-electron chi connectivity index (χ1n) is 8.04. The molecule has 0 radical (unpaired) electrons. The molecule has 0 saturated carbocycles. The Morgan fingerprint density at radius 1 is 1.12 bits per heavy atom. The molecule has 2 aromatic carbocycles. The Kier molecular flexibility index (Phi) is 4.72. The van der Waals surface area contributed by atoms with Crippen molar-refractivity contribution in [1.29, 1.82) is 0 Å². The minimum absolute atomic E-state index is 0.166. The van der Waals surface area contributed by atoms with Crippen LogP contribution < -0.4 is 13.8 Å². The van der Waals surface area contributed by atoms with Crippen LogP contribution in [-0.2, 0) is 10.0 Å². The zero-order valence-electron chi connectivity index (χ0n) is 14.4. The van der Waals surface area contributed by atoms with E-state index in [9.17, 15) is 8.42 Å². The van der Waals surface area contributed by atoms with Gasteiger partial charge in [-0.25, -0.2) is 8.42 Å². The molecular weight excluding hydrogens is 338 g/mol. The lowest BCUT2D eigenvalue weighted by Gasteiger charge is -2.26. The molecule has 0 unspecified atom stereocenters. The Balaban J connectivity index is 2.09. The largest absolute Gasteiger partial charge is 0.486 e. The van der Waals surface area contributed by atoms with Crippen LogP contribution in [0.25, 0.3) is 0 Å². The Morgan fingerprint density at radius 3 is 2.56 bits per heavy atom. The molecule has 0 aromatic heterocycles. The third-order valence-electron chi connectivity index (χ3n) is 4.24. The summed E-state index contributed by atoms with van der Waals surface area (Å²) in [5, 5.41) is 0. The highest BCUT2D eigenvalue weighted by Crippen LogP contribution is 2.35. The first kappa shape index (κ1) is 17.4. The molecule has 0 bridgehead atoms. The summed E-state index contributed by atoms with van der Waals surface area (Å²) in [7, 11) is -3.76. The highest BCUT2D eigenvalue weighted by Gasteiger charge is 2.27. The van der Waals surface area contributed by atoms with Gasteiger partial charge in [0.05, 0.1) is 17.1 Å². The van der Waals surface area contributed by atoms with Gasteiger partial charge in [0.25, 0.3) is 10.0 Å². The first-order valence-corrected chi connectivity index (χ1v) is 9.48. The molecular formula is C19H21NO4S. The molecule has 132 valence electrons. The Hall–Kier alpha value is -2.47. The van der Waals surface area contributed by atoms with Crippen LogP contribution >= 0.6 is 0 Å². The average molecular weight is 359 g/mol. The molecule has 25 heavy (non-hydrogen) atoms. The van der Waals surface area contributed by atoms with Gasteiger partial charge >= 0.3 is 0 Å². The fourth-order valence-corrected chi connectivity index (χ4v) is 4.27. The van der Waals surface area contributed by atoms with E-state index in [4.69, 9.17) is 9.47 Å². The predicted molar refractivity (Wildman–Crippen MR) is 98.1 cm³/mol. The summed E-state index contributed by atoms with van der Waals surface area (Å²) in [4.78, 5) is 0.166. The third kappa shape index (κ3) is 3.22. The molecule has 1 aliphatic rings. The van der Waals surface area contributed by atoms with Crippen LogP contribution in [0, 0.1) is 13.8 Å². The summed E-state index contributed by atoms with van der Waals surface area (Å²) < 4.78 is 38.9. The molecule has 0 saturated heterocycles. The van der Waals surface area contributed by atoms with Gasteiger partial charge in [0.2, 0.25) is 0 Å². The molecule has 3 rings (SSSR count). The summed E-state index contributed by atoms with van der Waals surface area (Å²) in [5.41, 5.74) is 2.60. The number of aryl methyl sites for hydroxylation is 1. The maximum absolute atomic E-state index is 13.3. The van der Waals surface area contributed by atoms with Crippen LogP contribution in [0.5, 0.6) is 11.5 Å². The number of hydrogen-bond donors (Lipinski definition) is 0. The normalized spacial score (nSPS) is 13.4. The predicted octanol–water partition coefficient (Wildman–Crippen LogP) is 3.46. The number of nitrogens with zero attached hydrogens (tertiary/aromatic N) is 1. The minimum Gasteiger partial charge on any atom is -0.486 e. The van der Waals surface area contributed by atoms with E-state index in [2.05, 4.69) is 6.58 Å². The van der Waals surface area contributed by atoms with Gasteiger partial charge in [0, 0.05) is 6.07 Å². The lowest BCUT2D eigenvalue weighted by atomic mass is 10.1. The molecule has 0 fully saturated rings. The number of anilines is 1. The average Bonchev–Trinajstić information content (AvgIpc) is 2.62. The van der Waals surface area contributed by atoms with Gasteiger partial charge in [-0.3, -0.25) is 4.31 Å². The molecule has 2 aromatic rings. The molecule has 0 atom stereocenters. The second-order valence-electron chi connectivity index (χ2n) is 5.85. The minimum atomic E-state index is -3.76. The smallest absolute Gasteiger partial charge is 0.264 e. The van der Waals surface area contributed by atoms with E-state index in [1.54, 1.807) is 24.3 Å². The van der Waals surface area contributed by atoms with Crippen LogP contribution in [0.1, 0.15) is 11.1 Å². The summed E-state index contributed by atoms with van der Waals surface area (Å²) in [6.45, 7) is 8.63. The Bertz CT molecular complexity index is 906.